The molecule has 13 heteroatoms. The van der Waals surface area contributed by atoms with Gasteiger partial charge in [-0.2, -0.15) is 13.2 Å². The standard InChI is InChI=1S/C23H23F4N5O4/c1-22(10-19(23(25,26)27)35-21(28)31-22)14-8-13(4-5-15(14)24)18-9-16(32-36-18)17-11-30-20(12-29-17)34-7-3-6-33-2/h4-5,8-9,11-12,19H,3,6-7,10H2,1-2H3,(H2,28,31)/t19-,22-/m0/s1. The maximum absolute atomic E-state index is 14.8. The van der Waals surface area contributed by atoms with Crippen molar-refractivity contribution in [3.63, 3.8) is 0 Å². The summed E-state index contributed by atoms with van der Waals surface area (Å²) in [5.41, 5.74) is 4.93. The Bertz CT molecular complexity index is 1230. The smallest absolute Gasteiger partial charge is 0.425 e. The highest BCUT2D eigenvalue weighted by Gasteiger charge is 2.50. The number of halogens is 4. The van der Waals surface area contributed by atoms with Crippen molar-refractivity contribution in [1.82, 2.24) is 15.1 Å². The molecule has 0 bridgehead atoms. The number of aliphatic imine (C=N–C) groups is 1. The van der Waals surface area contributed by atoms with Crippen LogP contribution in [0.2, 0.25) is 0 Å². The van der Waals surface area contributed by atoms with Gasteiger partial charge in [-0.05, 0) is 25.1 Å². The van der Waals surface area contributed by atoms with E-state index in [1.165, 1.54) is 31.5 Å². The largest absolute Gasteiger partial charge is 0.476 e. The van der Waals surface area contributed by atoms with E-state index < -0.39 is 36.1 Å². The van der Waals surface area contributed by atoms with Gasteiger partial charge in [-0.1, -0.05) is 5.16 Å². The summed E-state index contributed by atoms with van der Waals surface area (Å²) in [7, 11) is 1.60. The van der Waals surface area contributed by atoms with Crippen LogP contribution >= 0.6 is 0 Å². The molecule has 2 aromatic heterocycles. The van der Waals surface area contributed by atoms with E-state index in [9.17, 15) is 17.6 Å². The van der Waals surface area contributed by atoms with Crippen LogP contribution in [0.3, 0.4) is 0 Å². The molecule has 2 N–H and O–H groups in total. The van der Waals surface area contributed by atoms with Gasteiger partial charge < -0.3 is 24.5 Å². The Kier molecular flexibility index (Phi) is 7.11. The average molecular weight is 509 g/mol. The van der Waals surface area contributed by atoms with Crippen LogP contribution in [-0.2, 0) is 15.0 Å². The Hall–Kier alpha value is -3.74. The Morgan fingerprint density at radius 2 is 1.94 bits per heavy atom. The van der Waals surface area contributed by atoms with E-state index in [4.69, 9.17) is 19.7 Å². The lowest BCUT2D eigenvalue weighted by molar-refractivity contribution is -0.208. The highest BCUT2D eigenvalue weighted by atomic mass is 19.4. The number of methoxy groups -OCH3 is 1. The second-order valence-electron chi connectivity index (χ2n) is 8.28. The molecule has 1 aromatic carbocycles. The molecule has 0 amide bonds. The predicted octanol–water partition coefficient (Wildman–Crippen LogP) is 4.23. The van der Waals surface area contributed by atoms with E-state index in [1.54, 1.807) is 13.2 Å². The topological polar surface area (TPSA) is 118 Å². The average Bonchev–Trinajstić information content (AvgIpc) is 3.32. The maximum Gasteiger partial charge on any atom is 0.425 e. The number of nitrogens with zero attached hydrogens (tertiary/aromatic N) is 4. The Morgan fingerprint density at radius 1 is 1.14 bits per heavy atom. The first-order valence-electron chi connectivity index (χ1n) is 10.9. The number of benzene rings is 1. The minimum atomic E-state index is -4.69. The van der Waals surface area contributed by atoms with E-state index in [1.807, 2.05) is 0 Å². The highest BCUT2D eigenvalue weighted by molar-refractivity contribution is 5.73. The molecular formula is C23H23F4N5O4. The molecule has 4 rings (SSSR count). The van der Waals surface area contributed by atoms with Gasteiger partial charge in [0.2, 0.25) is 5.88 Å². The SMILES string of the molecule is COCCCOc1cnc(-c2cc(-c3ccc(F)c([C@]4(C)C[C@@H](C(F)(F)F)OC(N)=N4)c3)on2)cn1. The molecule has 36 heavy (non-hydrogen) atoms. The zero-order valence-electron chi connectivity index (χ0n) is 19.4. The summed E-state index contributed by atoms with van der Waals surface area (Å²) in [6.45, 7) is 2.35. The molecule has 192 valence electrons. The number of ether oxygens (including phenoxy) is 3. The maximum atomic E-state index is 14.8. The Morgan fingerprint density at radius 3 is 2.64 bits per heavy atom. The molecular weight excluding hydrogens is 486 g/mol. The molecule has 1 aliphatic heterocycles. The molecule has 3 heterocycles. The number of rotatable bonds is 8. The predicted molar refractivity (Wildman–Crippen MR) is 119 cm³/mol. The number of hydrogen-bond acceptors (Lipinski definition) is 9. The molecule has 0 radical (unpaired) electrons. The highest BCUT2D eigenvalue weighted by Crippen LogP contribution is 2.42. The van der Waals surface area contributed by atoms with Crippen LogP contribution in [-0.4, -0.2) is 53.8 Å². The van der Waals surface area contributed by atoms with Crippen LogP contribution < -0.4 is 10.5 Å². The summed E-state index contributed by atoms with van der Waals surface area (Å²) in [6.07, 6.45) is -3.95. The molecule has 3 aromatic rings. The third-order valence-electron chi connectivity index (χ3n) is 5.54. The third kappa shape index (κ3) is 5.56. The Balaban J connectivity index is 1.56. The number of amidine groups is 1. The third-order valence-corrected chi connectivity index (χ3v) is 5.54. The van der Waals surface area contributed by atoms with Gasteiger partial charge in [0.05, 0.1) is 24.5 Å². The van der Waals surface area contributed by atoms with E-state index in [0.717, 1.165) is 6.07 Å². The lowest BCUT2D eigenvalue weighted by Crippen LogP contribution is -2.46. The summed E-state index contributed by atoms with van der Waals surface area (Å²) in [6, 6.07) is 4.79. The van der Waals surface area contributed by atoms with Crippen molar-refractivity contribution in [3.05, 3.63) is 48.0 Å². The monoisotopic (exact) mass is 509 g/mol. The lowest BCUT2D eigenvalue weighted by Gasteiger charge is -2.36. The first-order chi connectivity index (χ1) is 17.1. The second kappa shape index (κ2) is 10.1. The number of aromatic nitrogens is 3. The van der Waals surface area contributed by atoms with Crippen LogP contribution in [0.25, 0.3) is 22.7 Å². The normalized spacial score (nSPS) is 20.1. The van der Waals surface area contributed by atoms with Gasteiger partial charge in [-0.15, -0.1) is 0 Å². The summed E-state index contributed by atoms with van der Waals surface area (Å²) >= 11 is 0. The zero-order valence-corrected chi connectivity index (χ0v) is 19.4. The van der Waals surface area contributed by atoms with Crippen molar-refractivity contribution in [2.24, 2.45) is 10.7 Å². The van der Waals surface area contributed by atoms with E-state index in [2.05, 4.69) is 24.9 Å². The fourth-order valence-electron chi connectivity index (χ4n) is 3.74. The first kappa shape index (κ1) is 25.4. The molecule has 0 unspecified atom stereocenters. The van der Waals surface area contributed by atoms with E-state index in [0.29, 0.717) is 42.5 Å². The van der Waals surface area contributed by atoms with E-state index in [-0.39, 0.29) is 11.3 Å². The van der Waals surface area contributed by atoms with Gasteiger partial charge in [0.15, 0.2) is 11.9 Å². The van der Waals surface area contributed by atoms with Crippen LogP contribution in [0.15, 0.2) is 46.2 Å². The van der Waals surface area contributed by atoms with Gasteiger partial charge in [0.25, 0.3) is 6.02 Å². The van der Waals surface area contributed by atoms with Crippen molar-refractivity contribution in [2.75, 3.05) is 20.3 Å². The minimum Gasteiger partial charge on any atom is -0.476 e. The summed E-state index contributed by atoms with van der Waals surface area (Å²) in [5.74, 6) is -0.163. The van der Waals surface area contributed by atoms with Crippen molar-refractivity contribution in [2.45, 2.75) is 37.6 Å². The van der Waals surface area contributed by atoms with Gasteiger partial charge in [0.1, 0.15) is 17.2 Å². The van der Waals surface area contributed by atoms with Crippen LogP contribution in [0.4, 0.5) is 17.6 Å². The summed E-state index contributed by atoms with van der Waals surface area (Å²) in [5, 5.41) is 3.97. The van der Waals surface area contributed by atoms with E-state index >= 15 is 0 Å². The molecule has 9 nitrogen and oxygen atoms in total. The fraction of sp³-hybridized carbons (Fsp3) is 0.391. The lowest BCUT2D eigenvalue weighted by atomic mass is 9.84. The quantitative estimate of drug-likeness (QED) is 0.354. The molecule has 2 atom stereocenters. The second-order valence-corrected chi connectivity index (χ2v) is 8.28. The summed E-state index contributed by atoms with van der Waals surface area (Å²) < 4.78 is 75.2. The number of hydrogen-bond donors (Lipinski definition) is 1. The summed E-state index contributed by atoms with van der Waals surface area (Å²) in [4.78, 5) is 12.4. The van der Waals surface area contributed by atoms with Gasteiger partial charge in [0, 0.05) is 43.8 Å². The van der Waals surface area contributed by atoms with Crippen LogP contribution in [0, 0.1) is 5.82 Å². The number of alkyl halides is 3. The molecule has 0 saturated heterocycles. The van der Waals surface area contributed by atoms with Gasteiger partial charge in [-0.3, -0.25) is 0 Å². The molecule has 0 aliphatic carbocycles. The molecule has 0 spiro atoms. The van der Waals surface area contributed by atoms with Crippen molar-refractivity contribution < 1.29 is 36.3 Å². The van der Waals surface area contributed by atoms with Gasteiger partial charge in [-0.25, -0.2) is 19.4 Å². The first-order valence-corrected chi connectivity index (χ1v) is 10.9. The molecule has 0 saturated carbocycles. The molecule has 0 fully saturated rings. The van der Waals surface area contributed by atoms with Crippen molar-refractivity contribution in [3.8, 4) is 28.6 Å². The van der Waals surface area contributed by atoms with Crippen molar-refractivity contribution >= 4 is 6.02 Å². The van der Waals surface area contributed by atoms with Crippen LogP contribution in [0.5, 0.6) is 5.88 Å². The van der Waals surface area contributed by atoms with Crippen molar-refractivity contribution in [1.29, 1.82) is 0 Å². The van der Waals surface area contributed by atoms with Crippen LogP contribution in [0.1, 0.15) is 25.3 Å². The van der Waals surface area contributed by atoms with Gasteiger partial charge >= 0.3 is 6.18 Å². The minimum absolute atomic E-state index is 0.0896. The molecule has 1 aliphatic rings. The fourth-order valence-corrected chi connectivity index (χ4v) is 3.74. The Labute approximate surface area is 203 Å². The number of nitrogens with two attached hydrogens (primary N) is 1. The zero-order chi connectivity index (χ0) is 25.9.